The predicted molar refractivity (Wildman–Crippen MR) is 71.7 cm³/mol. The van der Waals surface area contributed by atoms with E-state index in [-0.39, 0.29) is 11.9 Å². The number of halogens is 1. The van der Waals surface area contributed by atoms with Crippen LogP contribution in [-0.4, -0.2) is 30.3 Å². The van der Waals surface area contributed by atoms with E-state index in [9.17, 15) is 4.39 Å². The van der Waals surface area contributed by atoms with Gasteiger partial charge in [-0.05, 0) is 31.5 Å². The second-order valence-electron chi connectivity index (χ2n) is 4.23. The van der Waals surface area contributed by atoms with Crippen LogP contribution in [0.4, 0.5) is 4.39 Å². The number of nitrogens with two attached hydrogens (primary N) is 1. The SMILES string of the molecule is CCOCC(C)NCc1ccc(F)cc1C(N)=NO. The average molecular weight is 269 g/mol. The minimum Gasteiger partial charge on any atom is -0.409 e. The molecule has 19 heavy (non-hydrogen) atoms. The molecule has 0 spiro atoms. The number of amidine groups is 1. The molecule has 1 unspecified atom stereocenters. The van der Waals surface area contributed by atoms with Crippen molar-refractivity contribution in [2.45, 2.75) is 26.4 Å². The summed E-state index contributed by atoms with van der Waals surface area (Å²) in [5, 5.41) is 14.8. The second kappa shape index (κ2) is 7.70. The van der Waals surface area contributed by atoms with Gasteiger partial charge in [-0.15, -0.1) is 0 Å². The molecular formula is C13H20FN3O2. The van der Waals surface area contributed by atoms with Gasteiger partial charge in [0.2, 0.25) is 0 Å². The molecular weight excluding hydrogens is 249 g/mol. The fourth-order valence-corrected chi connectivity index (χ4v) is 1.63. The van der Waals surface area contributed by atoms with Crippen molar-refractivity contribution in [3.63, 3.8) is 0 Å². The van der Waals surface area contributed by atoms with E-state index in [2.05, 4.69) is 10.5 Å². The molecule has 1 atom stereocenters. The molecule has 1 aromatic carbocycles. The average Bonchev–Trinajstić information content (AvgIpc) is 2.42. The Morgan fingerprint density at radius 2 is 2.32 bits per heavy atom. The van der Waals surface area contributed by atoms with Gasteiger partial charge in [-0.3, -0.25) is 0 Å². The first-order valence-corrected chi connectivity index (χ1v) is 6.16. The van der Waals surface area contributed by atoms with E-state index >= 15 is 0 Å². The maximum Gasteiger partial charge on any atom is 0.170 e. The van der Waals surface area contributed by atoms with E-state index in [1.807, 2.05) is 13.8 Å². The minimum atomic E-state index is -0.423. The molecule has 0 aliphatic carbocycles. The van der Waals surface area contributed by atoms with E-state index in [0.29, 0.717) is 25.3 Å². The fraction of sp³-hybridized carbons (Fsp3) is 0.462. The molecule has 0 saturated carbocycles. The van der Waals surface area contributed by atoms with E-state index < -0.39 is 5.82 Å². The molecule has 1 aromatic rings. The van der Waals surface area contributed by atoms with Gasteiger partial charge in [0.15, 0.2) is 5.84 Å². The summed E-state index contributed by atoms with van der Waals surface area (Å²) < 4.78 is 18.5. The summed E-state index contributed by atoms with van der Waals surface area (Å²) in [5.41, 5.74) is 6.68. The van der Waals surface area contributed by atoms with Crippen LogP contribution in [0.3, 0.4) is 0 Å². The first kappa shape index (κ1) is 15.4. The Morgan fingerprint density at radius 1 is 1.58 bits per heavy atom. The smallest absolute Gasteiger partial charge is 0.170 e. The number of rotatable bonds is 7. The lowest BCUT2D eigenvalue weighted by Gasteiger charge is -2.15. The monoisotopic (exact) mass is 269 g/mol. The van der Waals surface area contributed by atoms with E-state index in [1.165, 1.54) is 12.1 Å². The Hall–Kier alpha value is -1.66. The topological polar surface area (TPSA) is 79.9 Å². The summed E-state index contributed by atoms with van der Waals surface area (Å²) in [4.78, 5) is 0. The van der Waals surface area contributed by atoms with E-state index in [4.69, 9.17) is 15.7 Å². The van der Waals surface area contributed by atoms with Crippen LogP contribution in [0.15, 0.2) is 23.4 Å². The summed E-state index contributed by atoms with van der Waals surface area (Å²) in [7, 11) is 0. The molecule has 6 heteroatoms. The Morgan fingerprint density at radius 3 is 2.95 bits per heavy atom. The van der Waals surface area contributed by atoms with Gasteiger partial charge in [0, 0.05) is 24.8 Å². The number of hydrogen-bond donors (Lipinski definition) is 3. The van der Waals surface area contributed by atoms with Gasteiger partial charge < -0.3 is 21.0 Å². The van der Waals surface area contributed by atoms with Crippen molar-refractivity contribution in [1.29, 1.82) is 0 Å². The molecule has 0 saturated heterocycles. The van der Waals surface area contributed by atoms with Crippen LogP contribution >= 0.6 is 0 Å². The first-order chi connectivity index (χ1) is 9.08. The van der Waals surface area contributed by atoms with Crippen molar-refractivity contribution in [1.82, 2.24) is 5.32 Å². The normalized spacial score (nSPS) is 13.5. The number of hydrogen-bond acceptors (Lipinski definition) is 4. The van der Waals surface area contributed by atoms with Crippen molar-refractivity contribution in [3.05, 3.63) is 35.1 Å². The maximum absolute atomic E-state index is 13.2. The van der Waals surface area contributed by atoms with Gasteiger partial charge in [-0.2, -0.15) is 0 Å². The van der Waals surface area contributed by atoms with Crippen molar-refractivity contribution >= 4 is 5.84 Å². The van der Waals surface area contributed by atoms with Gasteiger partial charge in [0.1, 0.15) is 5.82 Å². The minimum absolute atomic E-state index is 0.103. The molecule has 0 amide bonds. The number of benzene rings is 1. The van der Waals surface area contributed by atoms with Crippen LogP contribution in [0, 0.1) is 5.82 Å². The molecule has 4 N–H and O–H groups in total. The highest BCUT2D eigenvalue weighted by molar-refractivity contribution is 5.98. The van der Waals surface area contributed by atoms with Crippen LogP contribution in [0.1, 0.15) is 25.0 Å². The highest BCUT2D eigenvalue weighted by Gasteiger charge is 2.10. The van der Waals surface area contributed by atoms with E-state index in [1.54, 1.807) is 6.07 Å². The predicted octanol–water partition coefficient (Wildman–Crippen LogP) is 1.43. The van der Waals surface area contributed by atoms with Crippen LogP contribution in [0.5, 0.6) is 0 Å². The molecule has 0 aromatic heterocycles. The lowest BCUT2D eigenvalue weighted by atomic mass is 10.1. The molecule has 0 fully saturated rings. The second-order valence-corrected chi connectivity index (χ2v) is 4.23. The van der Waals surface area contributed by atoms with Crippen molar-refractivity contribution < 1.29 is 14.3 Å². The molecule has 0 bridgehead atoms. The third-order valence-corrected chi connectivity index (χ3v) is 2.67. The van der Waals surface area contributed by atoms with Crippen LogP contribution in [-0.2, 0) is 11.3 Å². The molecule has 1 rings (SSSR count). The zero-order chi connectivity index (χ0) is 14.3. The van der Waals surface area contributed by atoms with Crippen LogP contribution in [0.2, 0.25) is 0 Å². The summed E-state index contributed by atoms with van der Waals surface area (Å²) >= 11 is 0. The number of oxime groups is 1. The molecule has 0 heterocycles. The lowest BCUT2D eigenvalue weighted by Crippen LogP contribution is -2.31. The molecule has 5 nitrogen and oxygen atoms in total. The zero-order valence-electron chi connectivity index (χ0n) is 11.2. The van der Waals surface area contributed by atoms with Gasteiger partial charge in [-0.1, -0.05) is 11.2 Å². The molecule has 106 valence electrons. The molecule has 0 aliphatic heterocycles. The Kier molecular flexibility index (Phi) is 6.24. The molecule has 0 radical (unpaired) electrons. The van der Waals surface area contributed by atoms with Gasteiger partial charge in [0.25, 0.3) is 0 Å². The summed E-state index contributed by atoms with van der Waals surface area (Å²) in [6, 6.07) is 4.37. The van der Waals surface area contributed by atoms with Gasteiger partial charge >= 0.3 is 0 Å². The third-order valence-electron chi connectivity index (χ3n) is 2.67. The Bertz CT molecular complexity index is 438. The third kappa shape index (κ3) is 4.84. The summed E-state index contributed by atoms with van der Waals surface area (Å²) in [5.74, 6) is -0.526. The van der Waals surface area contributed by atoms with E-state index in [0.717, 1.165) is 5.56 Å². The quantitative estimate of drug-likeness (QED) is 0.303. The standard InChI is InChI=1S/C13H20FN3O2/c1-3-19-8-9(2)16-7-10-4-5-11(14)6-12(10)13(15)17-18/h4-6,9,16,18H,3,7-8H2,1-2H3,(H2,15,17). The van der Waals surface area contributed by atoms with Gasteiger partial charge in [0.05, 0.1) is 6.61 Å². The lowest BCUT2D eigenvalue weighted by molar-refractivity contribution is 0.127. The van der Waals surface area contributed by atoms with Crippen LogP contribution in [0.25, 0.3) is 0 Å². The first-order valence-electron chi connectivity index (χ1n) is 6.16. The molecule has 0 aliphatic rings. The summed E-state index contributed by atoms with van der Waals surface area (Å²) in [6.07, 6.45) is 0. The number of nitrogens with one attached hydrogen (secondary N) is 1. The Labute approximate surface area is 112 Å². The summed E-state index contributed by atoms with van der Waals surface area (Å²) in [6.45, 7) is 5.67. The zero-order valence-corrected chi connectivity index (χ0v) is 11.2. The Balaban J connectivity index is 2.72. The van der Waals surface area contributed by atoms with Gasteiger partial charge in [-0.25, -0.2) is 4.39 Å². The van der Waals surface area contributed by atoms with Crippen molar-refractivity contribution in [2.24, 2.45) is 10.9 Å². The van der Waals surface area contributed by atoms with Crippen molar-refractivity contribution in [2.75, 3.05) is 13.2 Å². The number of ether oxygens (including phenoxy) is 1. The maximum atomic E-state index is 13.2. The largest absolute Gasteiger partial charge is 0.409 e. The number of nitrogens with zero attached hydrogens (tertiary/aromatic N) is 1. The highest BCUT2D eigenvalue weighted by Crippen LogP contribution is 2.11. The fourth-order valence-electron chi connectivity index (χ4n) is 1.63. The highest BCUT2D eigenvalue weighted by atomic mass is 19.1. The van der Waals surface area contributed by atoms with Crippen LogP contribution < -0.4 is 11.1 Å². The van der Waals surface area contributed by atoms with Crippen molar-refractivity contribution in [3.8, 4) is 0 Å².